The van der Waals surface area contributed by atoms with Crippen molar-refractivity contribution < 1.29 is 14.4 Å². The Kier molecular flexibility index (Phi) is 4.80. The summed E-state index contributed by atoms with van der Waals surface area (Å²) in [4.78, 5) is 29.3. The highest BCUT2D eigenvalue weighted by atomic mass is 16.7. The topological polar surface area (TPSA) is 74.2 Å². The molecule has 1 aromatic rings. The molecule has 0 fully saturated rings. The maximum absolute atomic E-state index is 12.7. The number of nitrogens with zero attached hydrogens (tertiary/aromatic N) is 3. The molecule has 1 unspecified atom stereocenters. The molecule has 1 atom stereocenters. The molecular formula is C16H20N4O3. The molecule has 122 valence electrons. The van der Waals surface area contributed by atoms with Gasteiger partial charge >= 0.3 is 0 Å². The lowest BCUT2D eigenvalue weighted by Gasteiger charge is -2.38. The van der Waals surface area contributed by atoms with Crippen molar-refractivity contribution >= 4 is 18.2 Å². The summed E-state index contributed by atoms with van der Waals surface area (Å²) in [5.74, 6) is -0.143. The van der Waals surface area contributed by atoms with Gasteiger partial charge in [-0.15, -0.1) is 11.7 Å². The number of hydrazine groups is 1. The minimum atomic E-state index is -0.839. The van der Waals surface area contributed by atoms with Crippen molar-refractivity contribution in [2.75, 3.05) is 0 Å². The number of carbonyl (C=O) groups is 2. The lowest BCUT2D eigenvalue weighted by atomic mass is 10.1. The second-order valence-corrected chi connectivity index (χ2v) is 5.90. The number of hydrogen-bond acceptors (Lipinski definition) is 5. The monoisotopic (exact) mass is 316 g/mol. The van der Waals surface area contributed by atoms with Crippen molar-refractivity contribution in [1.82, 2.24) is 15.6 Å². The average molecular weight is 316 g/mol. The molecule has 0 saturated heterocycles. The lowest BCUT2D eigenvalue weighted by molar-refractivity contribution is -0.246. The highest BCUT2D eigenvalue weighted by Crippen LogP contribution is 2.21. The van der Waals surface area contributed by atoms with Crippen molar-refractivity contribution in [2.45, 2.75) is 32.4 Å². The van der Waals surface area contributed by atoms with E-state index in [0.29, 0.717) is 12.0 Å². The molecule has 7 heteroatoms. The van der Waals surface area contributed by atoms with Crippen LogP contribution in [0.5, 0.6) is 0 Å². The zero-order valence-electron chi connectivity index (χ0n) is 13.4. The lowest BCUT2D eigenvalue weighted by Crippen LogP contribution is -2.59. The molecule has 2 rings (SSSR count). The predicted octanol–water partition coefficient (Wildman–Crippen LogP) is 1.44. The molecule has 1 aliphatic heterocycles. The van der Waals surface area contributed by atoms with Crippen LogP contribution in [0.25, 0.3) is 0 Å². The van der Waals surface area contributed by atoms with Crippen LogP contribution >= 0.6 is 0 Å². The van der Waals surface area contributed by atoms with Crippen LogP contribution in [0.2, 0.25) is 0 Å². The fourth-order valence-corrected chi connectivity index (χ4v) is 2.03. The normalized spacial score (nSPS) is 18.5. The van der Waals surface area contributed by atoms with Crippen molar-refractivity contribution in [3.05, 3.63) is 48.6 Å². The Bertz CT molecular complexity index is 622. The first-order valence-electron chi connectivity index (χ1n) is 7.16. The molecular weight excluding hydrogens is 296 g/mol. The van der Waals surface area contributed by atoms with Gasteiger partial charge in [0.05, 0.1) is 5.60 Å². The molecule has 0 radical (unpaired) electrons. The van der Waals surface area contributed by atoms with E-state index in [1.54, 1.807) is 12.1 Å². The fourth-order valence-electron chi connectivity index (χ4n) is 2.03. The summed E-state index contributed by atoms with van der Waals surface area (Å²) < 4.78 is 0. The Balaban J connectivity index is 2.50. The van der Waals surface area contributed by atoms with Crippen molar-refractivity contribution in [3.8, 4) is 0 Å². The van der Waals surface area contributed by atoms with Gasteiger partial charge in [0.1, 0.15) is 0 Å². The van der Waals surface area contributed by atoms with Gasteiger partial charge in [-0.25, -0.2) is 4.84 Å². The summed E-state index contributed by atoms with van der Waals surface area (Å²) in [6.45, 7) is 9.21. The number of hydroxylamine groups is 1. The van der Waals surface area contributed by atoms with Gasteiger partial charge in [-0.2, -0.15) is 10.2 Å². The Morgan fingerprint density at radius 1 is 1.30 bits per heavy atom. The molecule has 1 heterocycles. The minimum Gasteiger partial charge on any atom is -0.277 e. The molecule has 2 amide bonds. The first kappa shape index (κ1) is 16.7. The number of rotatable bonds is 5. The zero-order chi connectivity index (χ0) is 17.0. The van der Waals surface area contributed by atoms with Gasteiger partial charge in [0.25, 0.3) is 5.91 Å². The third-order valence-corrected chi connectivity index (χ3v) is 2.92. The molecule has 0 aliphatic carbocycles. The minimum absolute atomic E-state index is 0.269. The molecule has 7 nitrogen and oxygen atoms in total. The van der Waals surface area contributed by atoms with Crippen molar-refractivity contribution in [1.29, 1.82) is 0 Å². The number of amidine groups is 1. The third-order valence-electron chi connectivity index (χ3n) is 2.92. The maximum atomic E-state index is 12.7. The third kappa shape index (κ3) is 3.75. The van der Waals surface area contributed by atoms with Crippen LogP contribution in [0.15, 0.2) is 48.1 Å². The molecule has 1 N–H and O–H groups in total. The maximum Gasteiger partial charge on any atom is 0.278 e. The van der Waals surface area contributed by atoms with E-state index in [9.17, 15) is 9.59 Å². The first-order chi connectivity index (χ1) is 10.9. The zero-order valence-corrected chi connectivity index (χ0v) is 13.4. The number of amides is 2. The van der Waals surface area contributed by atoms with Crippen LogP contribution < -0.4 is 5.43 Å². The van der Waals surface area contributed by atoms with E-state index in [1.165, 1.54) is 11.2 Å². The van der Waals surface area contributed by atoms with Crippen molar-refractivity contribution in [3.63, 3.8) is 0 Å². The number of benzene rings is 1. The van der Waals surface area contributed by atoms with Gasteiger partial charge in [-0.1, -0.05) is 36.4 Å². The Labute approximate surface area is 135 Å². The highest BCUT2D eigenvalue weighted by molar-refractivity contribution is 6.10. The van der Waals surface area contributed by atoms with E-state index in [0.717, 1.165) is 5.01 Å². The summed E-state index contributed by atoms with van der Waals surface area (Å²) in [5, 5.41) is 6.70. The van der Waals surface area contributed by atoms with Crippen LogP contribution in [-0.4, -0.2) is 40.0 Å². The van der Waals surface area contributed by atoms with E-state index >= 15 is 0 Å². The standard InChI is InChI=1S/C16H20N4O3/c1-5-13-15(22)19(17-11-21)14(12-9-7-6-8-10-12)18-20(13)23-16(2,3)4/h5-11,13H,1H2,2-4H3,(H,17,21). The fraction of sp³-hybridized carbons (Fsp3) is 0.312. The van der Waals surface area contributed by atoms with E-state index < -0.39 is 17.6 Å². The highest BCUT2D eigenvalue weighted by Gasteiger charge is 2.38. The van der Waals surface area contributed by atoms with Crippen LogP contribution in [-0.2, 0) is 14.4 Å². The Morgan fingerprint density at radius 3 is 2.48 bits per heavy atom. The molecule has 0 spiro atoms. The molecule has 0 aromatic heterocycles. The average Bonchev–Trinajstić information content (AvgIpc) is 2.49. The Morgan fingerprint density at radius 2 is 1.96 bits per heavy atom. The molecule has 0 bridgehead atoms. The van der Waals surface area contributed by atoms with Crippen LogP contribution in [0, 0.1) is 0 Å². The number of hydrogen-bond donors (Lipinski definition) is 1. The quantitative estimate of drug-likeness (QED) is 0.659. The first-order valence-corrected chi connectivity index (χ1v) is 7.16. The summed E-state index contributed by atoms with van der Waals surface area (Å²) in [5.41, 5.74) is 2.49. The molecule has 23 heavy (non-hydrogen) atoms. The predicted molar refractivity (Wildman–Crippen MR) is 85.7 cm³/mol. The van der Waals surface area contributed by atoms with E-state index in [2.05, 4.69) is 17.1 Å². The second kappa shape index (κ2) is 6.62. The number of nitrogens with one attached hydrogen (secondary N) is 1. The number of hydrazone groups is 1. The van der Waals surface area contributed by atoms with Crippen LogP contribution in [0.4, 0.5) is 0 Å². The number of carbonyl (C=O) groups excluding carboxylic acids is 2. The SMILES string of the molecule is C=CC1C(=O)N(NC=O)C(c2ccccc2)=NN1OC(C)(C)C. The summed E-state index contributed by atoms with van der Waals surface area (Å²) in [7, 11) is 0. The van der Waals surface area contributed by atoms with Crippen LogP contribution in [0.1, 0.15) is 26.3 Å². The summed E-state index contributed by atoms with van der Waals surface area (Å²) in [6, 6.07) is 8.22. The van der Waals surface area contributed by atoms with Gasteiger partial charge in [0.2, 0.25) is 6.41 Å². The summed E-state index contributed by atoms with van der Waals surface area (Å²) in [6.07, 6.45) is 1.84. The van der Waals surface area contributed by atoms with Gasteiger partial charge in [0, 0.05) is 5.56 Å². The van der Waals surface area contributed by atoms with Gasteiger partial charge in [0.15, 0.2) is 11.9 Å². The van der Waals surface area contributed by atoms with Gasteiger partial charge in [-0.05, 0) is 20.8 Å². The van der Waals surface area contributed by atoms with Gasteiger partial charge in [-0.3, -0.25) is 15.0 Å². The Hall–Kier alpha value is -2.67. The summed E-state index contributed by atoms with van der Waals surface area (Å²) >= 11 is 0. The van der Waals surface area contributed by atoms with Crippen molar-refractivity contribution in [2.24, 2.45) is 5.10 Å². The van der Waals surface area contributed by atoms with Gasteiger partial charge < -0.3 is 0 Å². The molecule has 1 aliphatic rings. The largest absolute Gasteiger partial charge is 0.278 e. The van der Waals surface area contributed by atoms with E-state index in [1.807, 2.05) is 39.0 Å². The van der Waals surface area contributed by atoms with E-state index in [-0.39, 0.29) is 5.84 Å². The molecule has 1 aromatic carbocycles. The smallest absolute Gasteiger partial charge is 0.277 e. The second-order valence-electron chi connectivity index (χ2n) is 5.90. The van der Waals surface area contributed by atoms with E-state index in [4.69, 9.17) is 4.84 Å². The molecule has 0 saturated carbocycles. The van der Waals surface area contributed by atoms with Crippen LogP contribution in [0.3, 0.4) is 0 Å².